The van der Waals surface area contributed by atoms with Crippen molar-refractivity contribution in [3.8, 4) is 17.2 Å². The fourth-order valence-corrected chi connectivity index (χ4v) is 6.25. The van der Waals surface area contributed by atoms with Crippen LogP contribution in [0.25, 0.3) is 27.4 Å². The van der Waals surface area contributed by atoms with Gasteiger partial charge in [0.15, 0.2) is 17.3 Å². The number of amides is 3. The van der Waals surface area contributed by atoms with Crippen LogP contribution in [0.1, 0.15) is 50.4 Å². The van der Waals surface area contributed by atoms with Crippen molar-refractivity contribution in [3.63, 3.8) is 0 Å². The number of hydrogen-bond acceptors (Lipinski definition) is 8. The summed E-state index contributed by atoms with van der Waals surface area (Å²) in [6.07, 6.45) is 2.73. The number of aromatic nitrogens is 1. The molecular formula is C36H40FN5O7. The van der Waals surface area contributed by atoms with E-state index >= 15 is 4.39 Å². The van der Waals surface area contributed by atoms with Crippen molar-refractivity contribution in [2.45, 2.75) is 45.6 Å². The van der Waals surface area contributed by atoms with Crippen LogP contribution in [0.5, 0.6) is 11.5 Å². The number of nitrogens with one attached hydrogen (secondary N) is 1. The summed E-state index contributed by atoms with van der Waals surface area (Å²) < 4.78 is 33.7. The van der Waals surface area contributed by atoms with Crippen LogP contribution in [0.15, 0.2) is 53.5 Å². The molecule has 0 aliphatic carbocycles. The summed E-state index contributed by atoms with van der Waals surface area (Å²) in [6, 6.07) is 12.6. The molecule has 0 unspecified atom stereocenters. The summed E-state index contributed by atoms with van der Waals surface area (Å²) in [5, 5.41) is 4.58. The molecule has 4 aromatic rings. The monoisotopic (exact) mass is 673 g/mol. The molecule has 0 bridgehead atoms. The molecule has 0 saturated carbocycles. The summed E-state index contributed by atoms with van der Waals surface area (Å²) in [7, 11) is 0. The Morgan fingerprint density at radius 2 is 1.67 bits per heavy atom. The van der Waals surface area contributed by atoms with Gasteiger partial charge in [0.05, 0.1) is 24.3 Å². The second-order valence-corrected chi connectivity index (χ2v) is 13.3. The van der Waals surface area contributed by atoms with Crippen molar-refractivity contribution in [2.24, 2.45) is 5.73 Å². The molecule has 2 saturated heterocycles. The number of carbonyl (C=O) groups excluding carboxylic acids is 3. The van der Waals surface area contributed by atoms with Crippen LogP contribution in [-0.4, -0.2) is 83.8 Å². The minimum absolute atomic E-state index is 0.0203. The summed E-state index contributed by atoms with van der Waals surface area (Å²) >= 11 is 0. The lowest BCUT2D eigenvalue weighted by molar-refractivity contribution is -0.116. The molecule has 0 radical (unpaired) electrons. The minimum atomic E-state index is -0.800. The van der Waals surface area contributed by atoms with Crippen molar-refractivity contribution >= 4 is 45.3 Å². The topological polar surface area (TPSA) is 145 Å². The molecule has 7 rings (SSSR count). The lowest BCUT2D eigenvalue weighted by atomic mass is 10.0. The normalized spacial score (nSPS) is 15.6. The highest BCUT2D eigenvalue weighted by Crippen LogP contribution is 2.46. The number of likely N-dealkylation sites (tertiary alicyclic amines) is 1. The summed E-state index contributed by atoms with van der Waals surface area (Å²) in [4.78, 5) is 53.9. The van der Waals surface area contributed by atoms with E-state index in [9.17, 15) is 19.2 Å². The second kappa shape index (κ2) is 13.8. The Balaban J connectivity index is 0.000000466. The molecule has 2 fully saturated rings. The zero-order valence-electron chi connectivity index (χ0n) is 27.8. The molecule has 3 amide bonds. The number of carbonyl (C=O) groups is 3. The van der Waals surface area contributed by atoms with Gasteiger partial charge in [-0.15, -0.1) is 0 Å². The van der Waals surface area contributed by atoms with Crippen molar-refractivity contribution in [2.75, 3.05) is 51.3 Å². The molecule has 13 heteroatoms. The van der Waals surface area contributed by atoms with E-state index < -0.39 is 22.9 Å². The Morgan fingerprint density at radius 1 is 1.00 bits per heavy atom. The zero-order chi connectivity index (χ0) is 34.9. The molecule has 3 N–H and O–H groups in total. The first-order chi connectivity index (χ1) is 23.4. The maximum absolute atomic E-state index is 15.8. The van der Waals surface area contributed by atoms with Gasteiger partial charge >= 0.3 is 6.09 Å². The van der Waals surface area contributed by atoms with E-state index in [4.69, 9.17) is 15.2 Å². The van der Waals surface area contributed by atoms with Crippen molar-refractivity contribution in [1.29, 1.82) is 0 Å². The summed E-state index contributed by atoms with van der Waals surface area (Å²) in [5.74, 6) is -1.07. The SMILES string of the molecule is CC(C)(C)OC(N)=O.O=C(CCN1CCOCC1)Nc1c(F)cc2c(=O)c(C(=O)N3CCCC3)cn3c2c1Oc1cc2ccccc2cc1-3. The van der Waals surface area contributed by atoms with Crippen LogP contribution < -0.4 is 21.2 Å². The van der Waals surface area contributed by atoms with Gasteiger partial charge in [0.1, 0.15) is 22.4 Å². The van der Waals surface area contributed by atoms with E-state index in [-0.39, 0.29) is 40.6 Å². The van der Waals surface area contributed by atoms with E-state index in [2.05, 4.69) is 15.0 Å². The summed E-state index contributed by atoms with van der Waals surface area (Å²) in [6.45, 7) is 9.67. The van der Waals surface area contributed by atoms with Crippen molar-refractivity contribution in [3.05, 3.63) is 70.3 Å². The third-order valence-electron chi connectivity index (χ3n) is 8.55. The predicted octanol–water partition coefficient (Wildman–Crippen LogP) is 5.17. The van der Waals surface area contributed by atoms with E-state index in [1.54, 1.807) is 30.2 Å². The molecule has 49 heavy (non-hydrogen) atoms. The molecule has 3 aromatic carbocycles. The average molecular weight is 674 g/mol. The number of pyridine rings is 1. The van der Waals surface area contributed by atoms with Gasteiger partial charge in [0.25, 0.3) is 5.91 Å². The standard InChI is InChI=1S/C31H29FN4O5.C5H11NO2/c32-23-17-21-28-30(27(23)33-26(37)7-10-34-11-13-40-14-12-34)41-25-16-20-6-2-1-5-19(20)15-24(25)36(28)18-22(29(21)38)31(39)35-8-3-4-9-35;1-5(2,3)8-4(6)7/h1-2,5-6,15-18H,3-4,7-14H2,(H,33,37);1-3H3,(H2,6,7). The molecule has 3 aliphatic rings. The minimum Gasteiger partial charge on any atom is -0.451 e. The number of hydrogen-bond donors (Lipinski definition) is 2. The quantitative estimate of drug-likeness (QED) is 0.260. The number of primary amides is 1. The summed E-state index contributed by atoms with van der Waals surface area (Å²) in [5.41, 5.74) is 4.48. The number of anilines is 1. The fourth-order valence-electron chi connectivity index (χ4n) is 6.25. The second-order valence-electron chi connectivity index (χ2n) is 13.3. The van der Waals surface area contributed by atoms with Crippen LogP contribution in [0, 0.1) is 5.82 Å². The molecular weight excluding hydrogens is 633 g/mol. The van der Waals surface area contributed by atoms with Crippen LogP contribution >= 0.6 is 0 Å². The van der Waals surface area contributed by atoms with Gasteiger partial charge in [-0.2, -0.15) is 0 Å². The lowest BCUT2D eigenvalue weighted by Gasteiger charge is -2.27. The predicted molar refractivity (Wildman–Crippen MR) is 183 cm³/mol. The fraction of sp³-hybridized carbons (Fsp3) is 0.389. The van der Waals surface area contributed by atoms with E-state index in [1.807, 2.05) is 36.4 Å². The Labute approximate surface area is 282 Å². The molecule has 0 atom stereocenters. The first-order valence-corrected chi connectivity index (χ1v) is 16.4. The van der Waals surface area contributed by atoms with Gasteiger partial charge in [-0.3, -0.25) is 19.3 Å². The molecule has 1 aromatic heterocycles. The Bertz CT molecular complexity index is 1990. The van der Waals surface area contributed by atoms with E-state index in [0.717, 1.165) is 42.8 Å². The maximum atomic E-state index is 15.8. The molecule has 3 aliphatic heterocycles. The number of halogens is 1. The van der Waals surface area contributed by atoms with Crippen molar-refractivity contribution < 1.29 is 33.0 Å². The average Bonchev–Trinajstić information content (AvgIpc) is 3.60. The number of nitrogens with zero attached hydrogens (tertiary/aromatic N) is 3. The van der Waals surface area contributed by atoms with Crippen LogP contribution in [0.4, 0.5) is 14.9 Å². The van der Waals surface area contributed by atoms with E-state index in [1.165, 1.54) is 6.20 Å². The van der Waals surface area contributed by atoms with Gasteiger partial charge in [-0.25, -0.2) is 9.18 Å². The molecule has 12 nitrogen and oxygen atoms in total. The number of fused-ring (bicyclic) bond motifs is 3. The smallest absolute Gasteiger partial charge is 0.405 e. The maximum Gasteiger partial charge on any atom is 0.405 e. The van der Waals surface area contributed by atoms with Crippen molar-refractivity contribution in [1.82, 2.24) is 14.4 Å². The number of ether oxygens (including phenoxy) is 3. The highest BCUT2D eigenvalue weighted by Gasteiger charge is 2.31. The number of benzene rings is 3. The number of morpholine rings is 1. The first kappa shape index (κ1) is 33.9. The first-order valence-electron chi connectivity index (χ1n) is 16.4. The Hall–Kier alpha value is -5.01. The molecule has 4 heterocycles. The largest absolute Gasteiger partial charge is 0.451 e. The van der Waals surface area contributed by atoms with Crippen LogP contribution in [0.2, 0.25) is 0 Å². The van der Waals surface area contributed by atoms with Gasteiger partial charge < -0.3 is 34.7 Å². The van der Waals surface area contributed by atoms with Crippen LogP contribution in [0.3, 0.4) is 0 Å². The van der Waals surface area contributed by atoms with E-state index in [0.29, 0.717) is 49.8 Å². The highest BCUT2D eigenvalue weighted by molar-refractivity contribution is 6.04. The number of nitrogens with two attached hydrogens (primary N) is 1. The number of rotatable bonds is 5. The Kier molecular flexibility index (Phi) is 9.57. The van der Waals surface area contributed by atoms with Gasteiger partial charge in [0, 0.05) is 45.3 Å². The zero-order valence-corrected chi connectivity index (χ0v) is 27.8. The Morgan fingerprint density at radius 3 is 2.31 bits per heavy atom. The van der Waals surface area contributed by atoms with Gasteiger partial charge in [-0.1, -0.05) is 24.3 Å². The van der Waals surface area contributed by atoms with Gasteiger partial charge in [-0.05, 0) is 62.6 Å². The van der Waals surface area contributed by atoms with Gasteiger partial charge in [0.2, 0.25) is 11.3 Å². The van der Waals surface area contributed by atoms with Crippen LogP contribution in [-0.2, 0) is 14.3 Å². The highest BCUT2D eigenvalue weighted by atomic mass is 19.1. The lowest BCUT2D eigenvalue weighted by Crippen LogP contribution is -2.38. The molecule has 258 valence electrons. The molecule has 0 spiro atoms. The third-order valence-corrected chi connectivity index (χ3v) is 8.55. The third kappa shape index (κ3) is 7.37.